The number of esters is 1. The SMILES string of the molecule is CC1(C)O[C@@H]2[C@H](O1)[C@@H](COC(=O)/C=C/c1ccccc1)O[C@H]2n1cc(F)c(=O)[nH]c1=O. The quantitative estimate of drug-likeness (QED) is 0.561. The Morgan fingerprint density at radius 2 is 1.94 bits per heavy atom. The van der Waals surface area contributed by atoms with Crippen molar-refractivity contribution in [1.29, 1.82) is 0 Å². The van der Waals surface area contributed by atoms with Crippen LogP contribution in [0.15, 0.2) is 52.2 Å². The molecule has 4 rings (SSSR count). The third kappa shape index (κ3) is 4.50. The number of nitrogens with zero attached hydrogens (tertiary/aromatic N) is 1. The van der Waals surface area contributed by atoms with Gasteiger partial charge in [0.15, 0.2) is 12.0 Å². The molecule has 10 heteroatoms. The lowest BCUT2D eigenvalue weighted by molar-refractivity contribution is -0.202. The van der Waals surface area contributed by atoms with Gasteiger partial charge in [0.05, 0.1) is 6.20 Å². The van der Waals surface area contributed by atoms with E-state index in [0.717, 1.165) is 16.3 Å². The molecular formula is C21H21FN2O7. The van der Waals surface area contributed by atoms with Gasteiger partial charge in [-0.3, -0.25) is 14.3 Å². The highest BCUT2D eigenvalue weighted by atomic mass is 19.1. The number of carbonyl (C=O) groups excluding carboxylic acids is 1. The normalized spacial score (nSPS) is 26.8. The number of halogens is 1. The van der Waals surface area contributed by atoms with Crippen LogP contribution in [0.25, 0.3) is 6.08 Å². The van der Waals surface area contributed by atoms with Crippen LogP contribution >= 0.6 is 0 Å². The van der Waals surface area contributed by atoms with E-state index in [9.17, 15) is 18.8 Å². The first-order valence-electron chi connectivity index (χ1n) is 9.65. The number of hydrogen-bond donors (Lipinski definition) is 1. The van der Waals surface area contributed by atoms with Crippen LogP contribution < -0.4 is 11.2 Å². The van der Waals surface area contributed by atoms with Gasteiger partial charge in [-0.05, 0) is 25.5 Å². The Morgan fingerprint density at radius 3 is 2.68 bits per heavy atom. The minimum Gasteiger partial charge on any atom is -0.460 e. The molecule has 1 N–H and O–H groups in total. The Kier molecular flexibility index (Phi) is 5.61. The third-order valence-corrected chi connectivity index (χ3v) is 4.93. The molecule has 2 saturated heterocycles. The van der Waals surface area contributed by atoms with E-state index in [0.29, 0.717) is 0 Å². The summed E-state index contributed by atoms with van der Waals surface area (Å²) in [6.45, 7) is 3.20. The van der Waals surface area contributed by atoms with Crippen LogP contribution in [-0.4, -0.2) is 46.2 Å². The second-order valence-electron chi connectivity index (χ2n) is 7.65. The largest absolute Gasteiger partial charge is 0.460 e. The van der Waals surface area contributed by atoms with Crippen LogP contribution in [0.2, 0.25) is 0 Å². The minimum atomic E-state index is -1.14. The standard InChI is InChI=1S/C21H21FN2O7/c1-21(2)30-16-14(11-28-15(25)9-8-12-6-4-3-5-7-12)29-19(17(16)31-21)24-10-13(22)18(26)23-20(24)27/h3-10,14,16-17,19H,11H2,1-2H3,(H,23,26,27)/b9-8+/t14-,16-,17-,19-/m1/s1. The van der Waals surface area contributed by atoms with E-state index >= 15 is 0 Å². The Balaban J connectivity index is 1.49. The Morgan fingerprint density at radius 1 is 1.23 bits per heavy atom. The zero-order chi connectivity index (χ0) is 22.2. The van der Waals surface area contributed by atoms with Crippen LogP contribution in [0.3, 0.4) is 0 Å². The molecule has 1 aromatic heterocycles. The van der Waals surface area contributed by atoms with E-state index in [-0.39, 0.29) is 6.61 Å². The fourth-order valence-electron chi connectivity index (χ4n) is 3.61. The van der Waals surface area contributed by atoms with E-state index < -0.39 is 53.4 Å². The monoisotopic (exact) mass is 432 g/mol. The maximum atomic E-state index is 13.8. The number of ether oxygens (including phenoxy) is 4. The molecule has 0 radical (unpaired) electrons. The number of rotatable bonds is 5. The van der Waals surface area contributed by atoms with Gasteiger partial charge in [0.2, 0.25) is 5.82 Å². The summed E-state index contributed by atoms with van der Waals surface area (Å²) in [5.74, 6) is -2.71. The predicted octanol–water partition coefficient (Wildman–Crippen LogP) is 1.35. The second-order valence-corrected chi connectivity index (χ2v) is 7.65. The highest BCUT2D eigenvalue weighted by molar-refractivity contribution is 5.87. The Hall–Kier alpha value is -3.08. The number of fused-ring (bicyclic) bond motifs is 1. The van der Waals surface area contributed by atoms with Crippen LogP contribution in [0, 0.1) is 5.82 Å². The number of H-pyrrole nitrogens is 1. The molecule has 1 aromatic carbocycles. The van der Waals surface area contributed by atoms with Gasteiger partial charge >= 0.3 is 11.7 Å². The number of nitrogens with one attached hydrogen (secondary N) is 1. The van der Waals surface area contributed by atoms with Crippen molar-refractivity contribution < 1.29 is 28.1 Å². The first-order chi connectivity index (χ1) is 14.7. The molecule has 9 nitrogen and oxygen atoms in total. The molecule has 31 heavy (non-hydrogen) atoms. The van der Waals surface area contributed by atoms with Gasteiger partial charge in [0.1, 0.15) is 24.9 Å². The van der Waals surface area contributed by atoms with E-state index in [4.69, 9.17) is 18.9 Å². The van der Waals surface area contributed by atoms with Gasteiger partial charge < -0.3 is 18.9 Å². The zero-order valence-electron chi connectivity index (χ0n) is 16.8. The van der Waals surface area contributed by atoms with Gasteiger partial charge in [-0.25, -0.2) is 9.59 Å². The number of aromatic nitrogens is 2. The molecular weight excluding hydrogens is 411 g/mol. The smallest absolute Gasteiger partial charge is 0.330 e. The Bertz CT molecular complexity index is 1110. The van der Waals surface area contributed by atoms with Gasteiger partial charge in [-0.15, -0.1) is 0 Å². The number of carbonyl (C=O) groups is 1. The van der Waals surface area contributed by atoms with Crippen molar-refractivity contribution in [1.82, 2.24) is 9.55 Å². The first kappa shape index (κ1) is 21.2. The molecule has 0 bridgehead atoms. The summed E-state index contributed by atoms with van der Waals surface area (Å²) in [6.07, 6.45) is 0.368. The summed E-state index contributed by atoms with van der Waals surface area (Å²) in [6, 6.07) is 9.24. The lowest BCUT2D eigenvalue weighted by atomic mass is 10.1. The third-order valence-electron chi connectivity index (χ3n) is 4.93. The van der Waals surface area contributed by atoms with Gasteiger partial charge in [0.25, 0.3) is 5.56 Å². The second kappa shape index (κ2) is 8.22. The molecule has 2 aliphatic rings. The number of aromatic amines is 1. The highest BCUT2D eigenvalue weighted by Gasteiger charge is 2.56. The maximum Gasteiger partial charge on any atom is 0.330 e. The van der Waals surface area contributed by atoms with E-state index in [1.807, 2.05) is 35.3 Å². The molecule has 3 heterocycles. The molecule has 0 amide bonds. The van der Waals surface area contributed by atoms with Crippen molar-refractivity contribution >= 4 is 12.0 Å². The van der Waals surface area contributed by atoms with Crippen LogP contribution in [0.5, 0.6) is 0 Å². The number of benzene rings is 1. The van der Waals surface area contributed by atoms with Crippen LogP contribution in [0.1, 0.15) is 25.6 Å². The predicted molar refractivity (Wildman–Crippen MR) is 105 cm³/mol. The van der Waals surface area contributed by atoms with E-state index in [1.165, 1.54) is 6.08 Å². The average Bonchev–Trinajstić information content (AvgIpc) is 3.21. The lowest BCUT2D eigenvalue weighted by Gasteiger charge is -2.24. The molecule has 2 aromatic rings. The zero-order valence-corrected chi connectivity index (χ0v) is 16.8. The van der Waals surface area contributed by atoms with Crippen molar-refractivity contribution in [3.63, 3.8) is 0 Å². The van der Waals surface area contributed by atoms with Crippen LogP contribution in [0.4, 0.5) is 4.39 Å². The molecule has 0 saturated carbocycles. The van der Waals surface area contributed by atoms with Gasteiger partial charge in [0, 0.05) is 6.08 Å². The summed E-state index contributed by atoms with van der Waals surface area (Å²) in [4.78, 5) is 37.5. The van der Waals surface area contributed by atoms with Crippen molar-refractivity contribution in [2.45, 2.75) is 44.2 Å². The summed E-state index contributed by atoms with van der Waals surface area (Å²) in [5, 5.41) is 0. The first-order valence-corrected chi connectivity index (χ1v) is 9.65. The summed E-state index contributed by atoms with van der Waals surface area (Å²) in [5.41, 5.74) is -1.15. The van der Waals surface area contributed by atoms with Crippen molar-refractivity contribution in [3.8, 4) is 0 Å². The molecule has 2 fully saturated rings. The van der Waals surface area contributed by atoms with E-state index in [1.54, 1.807) is 19.9 Å². The maximum absolute atomic E-state index is 13.8. The fraction of sp³-hybridized carbons (Fsp3) is 0.381. The number of hydrogen-bond acceptors (Lipinski definition) is 7. The Labute approximate surface area is 176 Å². The van der Waals surface area contributed by atoms with Crippen LogP contribution in [-0.2, 0) is 23.7 Å². The lowest BCUT2D eigenvalue weighted by Crippen LogP contribution is -2.38. The summed E-state index contributed by atoms with van der Waals surface area (Å²) < 4.78 is 37.5. The molecule has 0 aliphatic carbocycles. The summed E-state index contributed by atoms with van der Waals surface area (Å²) in [7, 11) is 0. The van der Waals surface area contributed by atoms with Crippen molar-refractivity contribution in [2.75, 3.05) is 6.61 Å². The molecule has 2 aliphatic heterocycles. The molecule has 164 valence electrons. The van der Waals surface area contributed by atoms with Gasteiger partial charge in [-0.1, -0.05) is 30.3 Å². The van der Waals surface area contributed by atoms with Crippen molar-refractivity contribution in [3.05, 3.63) is 74.8 Å². The fourth-order valence-corrected chi connectivity index (χ4v) is 3.61. The topological polar surface area (TPSA) is 109 Å². The van der Waals surface area contributed by atoms with Gasteiger partial charge in [-0.2, -0.15) is 4.39 Å². The minimum absolute atomic E-state index is 0.171. The van der Waals surface area contributed by atoms with Crippen molar-refractivity contribution in [2.24, 2.45) is 0 Å². The molecule has 4 atom stereocenters. The van der Waals surface area contributed by atoms with E-state index in [2.05, 4.69) is 0 Å². The average molecular weight is 432 g/mol. The molecule has 0 unspecified atom stereocenters. The molecule has 0 spiro atoms. The summed E-state index contributed by atoms with van der Waals surface area (Å²) >= 11 is 0. The highest BCUT2D eigenvalue weighted by Crippen LogP contribution is 2.42.